The fourth-order valence-corrected chi connectivity index (χ4v) is 2.54. The van der Waals surface area contributed by atoms with Crippen LogP contribution in [0.2, 0.25) is 0 Å². The normalized spacial score (nSPS) is 19.7. The van der Waals surface area contributed by atoms with E-state index in [1.54, 1.807) is 7.11 Å². The predicted octanol–water partition coefficient (Wildman–Crippen LogP) is 2.50. The number of ether oxygens (including phenoxy) is 1. The lowest BCUT2D eigenvalue weighted by atomic mass is 9.99. The van der Waals surface area contributed by atoms with Crippen LogP contribution >= 0.6 is 0 Å². The molecule has 3 heteroatoms. The van der Waals surface area contributed by atoms with Crippen molar-refractivity contribution in [1.82, 2.24) is 4.90 Å². The van der Waals surface area contributed by atoms with Crippen molar-refractivity contribution in [2.75, 3.05) is 20.2 Å². The molecule has 0 aromatic heterocycles. The molecule has 18 heavy (non-hydrogen) atoms. The number of benzene rings is 1. The van der Waals surface area contributed by atoms with Crippen LogP contribution < -0.4 is 4.74 Å². The van der Waals surface area contributed by atoms with Crippen LogP contribution in [0.3, 0.4) is 0 Å². The SMILES string of the molecule is COc1ccccc1CC(=O)N1CCCC(C)C1. The van der Waals surface area contributed by atoms with E-state index in [2.05, 4.69) is 6.92 Å². The second-order valence-corrected chi connectivity index (χ2v) is 5.08. The summed E-state index contributed by atoms with van der Waals surface area (Å²) in [6, 6.07) is 7.74. The third kappa shape index (κ3) is 3.03. The van der Waals surface area contributed by atoms with Gasteiger partial charge in [-0.05, 0) is 24.8 Å². The number of piperidine rings is 1. The van der Waals surface area contributed by atoms with Crippen LogP contribution in [0.1, 0.15) is 25.3 Å². The molecule has 0 radical (unpaired) electrons. The maximum absolute atomic E-state index is 12.3. The maximum Gasteiger partial charge on any atom is 0.227 e. The third-order valence-corrected chi connectivity index (χ3v) is 3.54. The predicted molar refractivity (Wildman–Crippen MR) is 71.7 cm³/mol. The van der Waals surface area contributed by atoms with E-state index in [9.17, 15) is 4.79 Å². The second-order valence-electron chi connectivity index (χ2n) is 5.08. The van der Waals surface area contributed by atoms with Crippen LogP contribution in [0.4, 0.5) is 0 Å². The van der Waals surface area contributed by atoms with Crippen LogP contribution in [0, 0.1) is 5.92 Å². The number of rotatable bonds is 3. The molecule has 2 rings (SSSR count). The highest BCUT2D eigenvalue weighted by atomic mass is 16.5. The van der Waals surface area contributed by atoms with E-state index >= 15 is 0 Å². The minimum Gasteiger partial charge on any atom is -0.496 e. The Kier molecular flexibility index (Phi) is 4.24. The topological polar surface area (TPSA) is 29.5 Å². The number of likely N-dealkylation sites (tertiary alicyclic amines) is 1. The summed E-state index contributed by atoms with van der Waals surface area (Å²) in [5.41, 5.74) is 0.975. The number of methoxy groups -OCH3 is 1. The lowest BCUT2D eigenvalue weighted by Crippen LogP contribution is -2.39. The fourth-order valence-electron chi connectivity index (χ4n) is 2.54. The zero-order valence-corrected chi connectivity index (χ0v) is 11.2. The Morgan fingerprint density at radius 3 is 2.94 bits per heavy atom. The van der Waals surface area contributed by atoms with E-state index in [0.717, 1.165) is 30.8 Å². The second kappa shape index (κ2) is 5.89. The molecule has 1 aromatic rings. The summed E-state index contributed by atoms with van der Waals surface area (Å²) in [7, 11) is 1.65. The first-order valence-electron chi connectivity index (χ1n) is 6.60. The van der Waals surface area contributed by atoms with Gasteiger partial charge in [-0.25, -0.2) is 0 Å². The molecule has 1 aliphatic rings. The van der Waals surface area contributed by atoms with Gasteiger partial charge in [0, 0.05) is 18.7 Å². The number of hydrogen-bond acceptors (Lipinski definition) is 2. The van der Waals surface area contributed by atoms with Gasteiger partial charge in [0.15, 0.2) is 0 Å². The van der Waals surface area contributed by atoms with Crippen LogP contribution in [-0.4, -0.2) is 31.0 Å². The molecule has 0 N–H and O–H groups in total. The minimum atomic E-state index is 0.214. The molecule has 1 aromatic carbocycles. The highest BCUT2D eigenvalue weighted by molar-refractivity contribution is 5.79. The Labute approximate surface area is 109 Å². The molecule has 1 unspecified atom stereocenters. The monoisotopic (exact) mass is 247 g/mol. The molecule has 0 bridgehead atoms. The zero-order chi connectivity index (χ0) is 13.0. The Bertz CT molecular complexity index is 417. The van der Waals surface area contributed by atoms with Gasteiger partial charge in [-0.1, -0.05) is 25.1 Å². The van der Waals surface area contributed by atoms with Gasteiger partial charge in [-0.15, -0.1) is 0 Å². The van der Waals surface area contributed by atoms with Crippen molar-refractivity contribution in [3.63, 3.8) is 0 Å². The Morgan fingerprint density at radius 1 is 1.44 bits per heavy atom. The number of carbonyl (C=O) groups is 1. The average Bonchev–Trinajstić information content (AvgIpc) is 2.39. The van der Waals surface area contributed by atoms with Crippen molar-refractivity contribution >= 4 is 5.91 Å². The van der Waals surface area contributed by atoms with Crippen molar-refractivity contribution in [3.8, 4) is 5.75 Å². The van der Waals surface area contributed by atoms with Crippen molar-refractivity contribution in [2.24, 2.45) is 5.92 Å². The number of amides is 1. The Hall–Kier alpha value is -1.51. The molecule has 0 saturated carbocycles. The summed E-state index contributed by atoms with van der Waals surface area (Å²) >= 11 is 0. The van der Waals surface area contributed by atoms with E-state index in [0.29, 0.717) is 12.3 Å². The fraction of sp³-hybridized carbons (Fsp3) is 0.533. The lowest BCUT2D eigenvalue weighted by Gasteiger charge is -2.31. The average molecular weight is 247 g/mol. The summed E-state index contributed by atoms with van der Waals surface area (Å²) in [6.45, 7) is 4.01. The number of nitrogens with zero attached hydrogens (tertiary/aromatic N) is 1. The highest BCUT2D eigenvalue weighted by Crippen LogP contribution is 2.21. The van der Waals surface area contributed by atoms with Gasteiger partial charge in [0.25, 0.3) is 0 Å². The molecule has 1 atom stereocenters. The molecule has 0 aliphatic carbocycles. The van der Waals surface area contributed by atoms with Crippen molar-refractivity contribution < 1.29 is 9.53 Å². The summed E-state index contributed by atoms with van der Waals surface area (Å²) in [4.78, 5) is 14.2. The molecule has 1 saturated heterocycles. The van der Waals surface area contributed by atoms with Crippen LogP contribution in [0.5, 0.6) is 5.75 Å². The number of para-hydroxylation sites is 1. The third-order valence-electron chi connectivity index (χ3n) is 3.54. The Balaban J connectivity index is 2.02. The summed E-state index contributed by atoms with van der Waals surface area (Å²) in [5.74, 6) is 1.64. The van der Waals surface area contributed by atoms with Crippen molar-refractivity contribution in [2.45, 2.75) is 26.2 Å². The first kappa shape index (κ1) is 12.9. The molecule has 3 nitrogen and oxygen atoms in total. The standard InChI is InChI=1S/C15H21NO2/c1-12-6-5-9-16(11-12)15(17)10-13-7-3-4-8-14(13)18-2/h3-4,7-8,12H,5-6,9-11H2,1-2H3. The largest absolute Gasteiger partial charge is 0.496 e. The molecule has 1 heterocycles. The van der Waals surface area contributed by atoms with Gasteiger partial charge in [0.05, 0.1) is 13.5 Å². The van der Waals surface area contributed by atoms with Crippen LogP contribution in [0.15, 0.2) is 24.3 Å². The zero-order valence-electron chi connectivity index (χ0n) is 11.2. The molecule has 1 aliphatic heterocycles. The highest BCUT2D eigenvalue weighted by Gasteiger charge is 2.21. The van der Waals surface area contributed by atoms with Gasteiger partial charge < -0.3 is 9.64 Å². The van der Waals surface area contributed by atoms with Gasteiger partial charge in [0.2, 0.25) is 5.91 Å². The molecule has 1 amide bonds. The lowest BCUT2D eigenvalue weighted by molar-refractivity contribution is -0.132. The van der Waals surface area contributed by atoms with E-state index in [1.165, 1.54) is 6.42 Å². The first-order chi connectivity index (χ1) is 8.70. The smallest absolute Gasteiger partial charge is 0.227 e. The molecule has 1 fully saturated rings. The van der Waals surface area contributed by atoms with Gasteiger partial charge >= 0.3 is 0 Å². The number of hydrogen-bond donors (Lipinski definition) is 0. The van der Waals surface area contributed by atoms with Crippen LogP contribution in [-0.2, 0) is 11.2 Å². The van der Waals surface area contributed by atoms with Crippen molar-refractivity contribution in [1.29, 1.82) is 0 Å². The molecular formula is C15H21NO2. The molecule has 98 valence electrons. The van der Waals surface area contributed by atoms with Gasteiger partial charge in [0.1, 0.15) is 5.75 Å². The van der Waals surface area contributed by atoms with Crippen molar-refractivity contribution in [3.05, 3.63) is 29.8 Å². The Morgan fingerprint density at radius 2 is 2.22 bits per heavy atom. The van der Waals surface area contributed by atoms with E-state index in [4.69, 9.17) is 4.74 Å². The van der Waals surface area contributed by atoms with Crippen LogP contribution in [0.25, 0.3) is 0 Å². The number of carbonyl (C=O) groups excluding carboxylic acids is 1. The summed E-state index contributed by atoms with van der Waals surface area (Å²) in [5, 5.41) is 0. The van der Waals surface area contributed by atoms with E-state index < -0.39 is 0 Å². The minimum absolute atomic E-state index is 0.214. The van der Waals surface area contributed by atoms with Gasteiger partial charge in [-0.3, -0.25) is 4.79 Å². The van der Waals surface area contributed by atoms with E-state index in [-0.39, 0.29) is 5.91 Å². The first-order valence-corrected chi connectivity index (χ1v) is 6.60. The van der Waals surface area contributed by atoms with Gasteiger partial charge in [-0.2, -0.15) is 0 Å². The summed E-state index contributed by atoms with van der Waals surface area (Å²) < 4.78 is 5.28. The molecule has 0 spiro atoms. The summed E-state index contributed by atoms with van der Waals surface area (Å²) in [6.07, 6.45) is 2.80. The maximum atomic E-state index is 12.3. The quantitative estimate of drug-likeness (QED) is 0.821. The molecular weight excluding hydrogens is 226 g/mol. The van der Waals surface area contributed by atoms with E-state index in [1.807, 2.05) is 29.2 Å².